The number of nitrogens with one attached hydrogen (secondary N) is 3. The van der Waals surface area contributed by atoms with E-state index < -0.39 is 0 Å². The number of hydrazine groups is 1. The number of thioether (sulfide) groups is 1. The summed E-state index contributed by atoms with van der Waals surface area (Å²) in [4.78, 5) is 14.5. The van der Waals surface area contributed by atoms with Gasteiger partial charge in [-0.25, -0.2) is 5.43 Å². The fourth-order valence-electron chi connectivity index (χ4n) is 4.16. The van der Waals surface area contributed by atoms with Gasteiger partial charge in [0, 0.05) is 18.1 Å². The zero-order valence-electron chi connectivity index (χ0n) is 17.5. The monoisotopic (exact) mass is 445 g/mol. The van der Waals surface area contributed by atoms with E-state index in [2.05, 4.69) is 68.4 Å². The average Bonchev–Trinajstić information content (AvgIpc) is 3.42. The Kier molecular flexibility index (Phi) is 5.47. The molecule has 3 N–H and O–H groups in total. The lowest BCUT2D eigenvalue weighted by molar-refractivity contribution is -0.113. The molecule has 1 fully saturated rings. The molecule has 0 bridgehead atoms. The number of nitrogens with zero attached hydrogens (tertiary/aromatic N) is 4. The molecule has 3 unspecified atom stereocenters. The van der Waals surface area contributed by atoms with Gasteiger partial charge in [-0.05, 0) is 37.1 Å². The standard InChI is InChI=1S/C23H23N7OS/c1-15-5-7-17(8-6-15)19-12-20-22-26-27-23(29(22)9-10-30(20)28-19)32-14-21(31)25-18-4-2-3-16(11-18)13-24/h2-11,19-20,22,26,28H,12,14H2,1H3,(H,25,31). The number of nitriles is 1. The summed E-state index contributed by atoms with van der Waals surface area (Å²) in [6.07, 6.45) is 4.99. The van der Waals surface area contributed by atoms with Crippen LogP contribution in [0.25, 0.3) is 0 Å². The third-order valence-corrected chi connectivity index (χ3v) is 6.76. The van der Waals surface area contributed by atoms with Gasteiger partial charge in [0.15, 0.2) is 5.17 Å². The Morgan fingerprint density at radius 3 is 2.94 bits per heavy atom. The zero-order valence-corrected chi connectivity index (χ0v) is 18.3. The first-order valence-electron chi connectivity index (χ1n) is 10.4. The van der Waals surface area contributed by atoms with Gasteiger partial charge in [-0.3, -0.25) is 10.2 Å². The van der Waals surface area contributed by atoms with Gasteiger partial charge in [-0.2, -0.15) is 10.4 Å². The van der Waals surface area contributed by atoms with E-state index in [1.165, 1.54) is 22.9 Å². The molecule has 1 saturated heterocycles. The van der Waals surface area contributed by atoms with Crippen LogP contribution in [0.5, 0.6) is 0 Å². The fraction of sp³-hybridized carbons (Fsp3) is 0.261. The van der Waals surface area contributed by atoms with E-state index in [0.29, 0.717) is 11.3 Å². The van der Waals surface area contributed by atoms with E-state index in [9.17, 15) is 4.79 Å². The third-order valence-electron chi connectivity index (χ3n) is 5.79. The molecule has 5 rings (SSSR count). The quantitative estimate of drug-likeness (QED) is 0.666. The van der Waals surface area contributed by atoms with E-state index in [-0.39, 0.29) is 29.9 Å². The van der Waals surface area contributed by atoms with Crippen LogP contribution in [0, 0.1) is 18.3 Å². The largest absolute Gasteiger partial charge is 0.325 e. The molecule has 0 aromatic heterocycles. The molecule has 3 heterocycles. The second-order valence-electron chi connectivity index (χ2n) is 8.01. The number of hydrogen-bond acceptors (Lipinski definition) is 8. The van der Waals surface area contributed by atoms with Gasteiger partial charge in [-0.15, -0.1) is 0 Å². The lowest BCUT2D eigenvalue weighted by Crippen LogP contribution is -2.54. The van der Waals surface area contributed by atoms with E-state index in [0.717, 1.165) is 11.6 Å². The molecule has 0 radical (unpaired) electrons. The Hall–Kier alpha value is -3.48. The third kappa shape index (κ3) is 4.02. The minimum atomic E-state index is -0.138. The van der Waals surface area contributed by atoms with Crippen molar-refractivity contribution in [2.75, 3.05) is 11.1 Å². The molecule has 1 amide bonds. The molecule has 2 aromatic rings. The van der Waals surface area contributed by atoms with Gasteiger partial charge in [-0.1, -0.05) is 47.7 Å². The number of amides is 1. The summed E-state index contributed by atoms with van der Waals surface area (Å²) in [5, 5.41) is 19.2. The van der Waals surface area contributed by atoms with E-state index in [4.69, 9.17) is 5.26 Å². The van der Waals surface area contributed by atoms with E-state index in [1.54, 1.807) is 24.3 Å². The molecule has 32 heavy (non-hydrogen) atoms. The topological polar surface area (TPSA) is 95.8 Å². The molecule has 3 atom stereocenters. The molecule has 0 aliphatic carbocycles. The Bertz CT molecular complexity index is 1120. The zero-order chi connectivity index (χ0) is 22.1. The van der Waals surface area contributed by atoms with Gasteiger partial charge in [0.05, 0.1) is 29.5 Å². The number of hydrazone groups is 1. The summed E-state index contributed by atoms with van der Waals surface area (Å²) >= 11 is 1.39. The van der Waals surface area contributed by atoms with Crippen molar-refractivity contribution < 1.29 is 4.79 Å². The van der Waals surface area contributed by atoms with Gasteiger partial charge in [0.2, 0.25) is 5.91 Å². The maximum absolute atomic E-state index is 12.4. The van der Waals surface area contributed by atoms with Crippen molar-refractivity contribution in [1.82, 2.24) is 20.8 Å². The molecule has 162 valence electrons. The maximum Gasteiger partial charge on any atom is 0.234 e. The Morgan fingerprint density at radius 2 is 2.12 bits per heavy atom. The first-order chi connectivity index (χ1) is 15.6. The lowest BCUT2D eigenvalue weighted by Gasteiger charge is -2.36. The first-order valence-corrected chi connectivity index (χ1v) is 11.4. The average molecular weight is 446 g/mol. The number of fused-ring (bicyclic) bond motifs is 3. The number of rotatable bonds is 4. The van der Waals surface area contributed by atoms with Crippen molar-refractivity contribution in [2.45, 2.75) is 31.6 Å². The molecular formula is C23H23N7OS. The number of amidine groups is 1. The minimum Gasteiger partial charge on any atom is -0.325 e. The van der Waals surface area contributed by atoms with Crippen LogP contribution >= 0.6 is 11.8 Å². The molecule has 0 saturated carbocycles. The summed E-state index contributed by atoms with van der Waals surface area (Å²) in [7, 11) is 0. The SMILES string of the molecule is Cc1ccc(C2CC3C4NN=C(SCC(=O)Nc5cccc(C#N)c5)N4C=CN3N2)cc1. The molecular weight excluding hydrogens is 422 g/mol. The Morgan fingerprint density at radius 1 is 1.28 bits per heavy atom. The summed E-state index contributed by atoms with van der Waals surface area (Å²) in [5.41, 5.74) is 10.5. The summed E-state index contributed by atoms with van der Waals surface area (Å²) in [6, 6.07) is 18.1. The van der Waals surface area contributed by atoms with Gasteiger partial charge >= 0.3 is 0 Å². The Labute approximate surface area is 190 Å². The van der Waals surface area contributed by atoms with Crippen molar-refractivity contribution in [3.05, 3.63) is 77.6 Å². The molecule has 2 aromatic carbocycles. The number of hydrogen-bond donors (Lipinski definition) is 3. The van der Waals surface area contributed by atoms with Crippen molar-refractivity contribution in [3.8, 4) is 6.07 Å². The van der Waals surface area contributed by atoms with Crippen LogP contribution in [0.3, 0.4) is 0 Å². The van der Waals surface area contributed by atoms with E-state index >= 15 is 0 Å². The number of anilines is 1. The second kappa shape index (κ2) is 8.57. The summed E-state index contributed by atoms with van der Waals surface area (Å²) < 4.78 is 0. The van der Waals surface area contributed by atoms with Crippen LogP contribution in [0.2, 0.25) is 0 Å². The van der Waals surface area contributed by atoms with Gasteiger partial charge < -0.3 is 15.2 Å². The van der Waals surface area contributed by atoms with Crippen molar-refractivity contribution in [3.63, 3.8) is 0 Å². The second-order valence-corrected chi connectivity index (χ2v) is 8.95. The molecule has 3 aliphatic rings. The lowest BCUT2D eigenvalue weighted by atomic mass is 9.99. The van der Waals surface area contributed by atoms with Crippen LogP contribution in [0.1, 0.15) is 29.2 Å². The van der Waals surface area contributed by atoms with Gasteiger partial charge in [0.25, 0.3) is 0 Å². The predicted octanol–water partition coefficient (Wildman–Crippen LogP) is 2.85. The highest BCUT2D eigenvalue weighted by Crippen LogP contribution is 2.35. The van der Waals surface area contributed by atoms with Gasteiger partial charge in [0.1, 0.15) is 6.17 Å². The Balaban J connectivity index is 1.18. The van der Waals surface area contributed by atoms with Crippen LogP contribution < -0.4 is 16.2 Å². The summed E-state index contributed by atoms with van der Waals surface area (Å²) in [6.45, 7) is 2.10. The fourth-order valence-corrected chi connectivity index (χ4v) is 4.93. The van der Waals surface area contributed by atoms with E-state index in [1.807, 2.05) is 12.4 Å². The van der Waals surface area contributed by atoms with Crippen molar-refractivity contribution >= 4 is 28.5 Å². The van der Waals surface area contributed by atoms with Crippen molar-refractivity contribution in [1.29, 1.82) is 5.26 Å². The highest BCUT2D eigenvalue weighted by molar-refractivity contribution is 8.14. The van der Waals surface area contributed by atoms with Crippen molar-refractivity contribution in [2.24, 2.45) is 5.10 Å². The predicted molar refractivity (Wildman–Crippen MR) is 125 cm³/mol. The minimum absolute atomic E-state index is 0.0146. The number of aryl methyl sites for hydroxylation is 1. The molecule has 0 spiro atoms. The number of benzene rings is 2. The highest BCUT2D eigenvalue weighted by atomic mass is 32.2. The number of carbonyl (C=O) groups excluding carboxylic acids is 1. The van der Waals surface area contributed by atoms with Crippen LogP contribution in [0.15, 0.2) is 66.0 Å². The van der Waals surface area contributed by atoms with Crippen LogP contribution in [0.4, 0.5) is 5.69 Å². The highest BCUT2D eigenvalue weighted by Gasteiger charge is 2.44. The normalized spacial score (nSPS) is 23.1. The summed E-state index contributed by atoms with van der Waals surface area (Å²) in [5.74, 6) is 0.0910. The molecule has 3 aliphatic heterocycles. The maximum atomic E-state index is 12.4. The van der Waals surface area contributed by atoms with Crippen LogP contribution in [-0.4, -0.2) is 38.9 Å². The molecule has 9 heteroatoms. The smallest absolute Gasteiger partial charge is 0.234 e. The molecule has 8 nitrogen and oxygen atoms in total. The van der Waals surface area contributed by atoms with Crippen LogP contribution in [-0.2, 0) is 4.79 Å². The first kappa shape index (κ1) is 20.4. The number of carbonyl (C=O) groups is 1.